The zero-order valence-electron chi connectivity index (χ0n) is 12.6. The lowest BCUT2D eigenvalue weighted by atomic mass is 9.83. The van der Waals surface area contributed by atoms with Crippen molar-refractivity contribution in [2.24, 2.45) is 0 Å². The number of ether oxygens (including phenoxy) is 1. The molecule has 0 unspecified atom stereocenters. The van der Waals surface area contributed by atoms with Crippen molar-refractivity contribution in [3.05, 3.63) is 35.4 Å². The molecule has 5 nitrogen and oxygen atoms in total. The van der Waals surface area contributed by atoms with Gasteiger partial charge in [-0.15, -0.1) is 0 Å². The van der Waals surface area contributed by atoms with Crippen LogP contribution in [-0.2, 0) is 21.7 Å². The van der Waals surface area contributed by atoms with Gasteiger partial charge in [0.2, 0.25) is 5.91 Å². The Morgan fingerprint density at radius 1 is 1.32 bits per heavy atom. The van der Waals surface area contributed by atoms with E-state index in [0.717, 1.165) is 25.9 Å². The third-order valence-corrected chi connectivity index (χ3v) is 5.30. The molecule has 2 atom stereocenters. The zero-order chi connectivity index (χ0) is 15.2. The number of nitrogens with one attached hydrogen (secondary N) is 1. The minimum atomic E-state index is -0.393. The molecule has 3 aliphatic heterocycles. The molecular weight excluding hydrogens is 280 g/mol. The molecule has 2 N–H and O–H groups in total. The summed E-state index contributed by atoms with van der Waals surface area (Å²) in [5.41, 5.74) is 2.38. The first-order valence-electron chi connectivity index (χ1n) is 8.10. The number of likely N-dealkylation sites (tertiary alicyclic amines) is 1. The second kappa shape index (κ2) is 5.33. The first kappa shape index (κ1) is 14.2. The Morgan fingerprint density at radius 3 is 2.82 bits per heavy atom. The SMILES string of the molecule is O=C([C@H]1C[C@H](O)CN1)N1CCC2(CC1)OCc1ccccc12. The number of aliphatic hydroxyl groups excluding tert-OH is 1. The van der Waals surface area contributed by atoms with E-state index in [-0.39, 0.29) is 17.6 Å². The predicted molar refractivity (Wildman–Crippen MR) is 81.1 cm³/mol. The second-order valence-electron chi connectivity index (χ2n) is 6.62. The molecule has 0 aliphatic carbocycles. The van der Waals surface area contributed by atoms with Gasteiger partial charge in [-0.3, -0.25) is 4.79 Å². The van der Waals surface area contributed by atoms with Crippen LogP contribution in [0.4, 0.5) is 0 Å². The smallest absolute Gasteiger partial charge is 0.239 e. The van der Waals surface area contributed by atoms with Crippen molar-refractivity contribution in [1.29, 1.82) is 0 Å². The van der Waals surface area contributed by atoms with Gasteiger partial charge in [0.15, 0.2) is 0 Å². The van der Waals surface area contributed by atoms with E-state index in [1.807, 2.05) is 4.90 Å². The van der Waals surface area contributed by atoms with E-state index in [9.17, 15) is 9.90 Å². The molecule has 3 aliphatic rings. The van der Waals surface area contributed by atoms with Gasteiger partial charge >= 0.3 is 0 Å². The third-order valence-electron chi connectivity index (χ3n) is 5.30. The largest absolute Gasteiger partial charge is 0.392 e. The van der Waals surface area contributed by atoms with Gasteiger partial charge in [0.25, 0.3) is 0 Å². The maximum absolute atomic E-state index is 12.5. The van der Waals surface area contributed by atoms with Gasteiger partial charge in [0.05, 0.1) is 24.4 Å². The average Bonchev–Trinajstić information content (AvgIpc) is 3.13. The molecule has 0 saturated carbocycles. The van der Waals surface area contributed by atoms with Gasteiger partial charge in [0, 0.05) is 19.6 Å². The highest BCUT2D eigenvalue weighted by atomic mass is 16.5. The van der Waals surface area contributed by atoms with Crippen LogP contribution >= 0.6 is 0 Å². The van der Waals surface area contributed by atoms with Crippen LogP contribution in [0, 0.1) is 0 Å². The molecule has 2 fully saturated rings. The minimum Gasteiger partial charge on any atom is -0.392 e. The molecule has 1 spiro atoms. The number of hydrogen-bond donors (Lipinski definition) is 2. The molecule has 1 aromatic carbocycles. The third kappa shape index (κ3) is 2.24. The molecule has 118 valence electrons. The lowest BCUT2D eigenvalue weighted by Crippen LogP contribution is -2.50. The van der Waals surface area contributed by atoms with E-state index in [1.54, 1.807) is 0 Å². The summed E-state index contributed by atoms with van der Waals surface area (Å²) < 4.78 is 6.13. The minimum absolute atomic E-state index is 0.123. The van der Waals surface area contributed by atoms with Crippen LogP contribution in [0.25, 0.3) is 0 Å². The number of amides is 1. The fourth-order valence-electron chi connectivity index (χ4n) is 4.01. The Hall–Kier alpha value is -1.43. The number of nitrogens with zero attached hydrogens (tertiary/aromatic N) is 1. The Balaban J connectivity index is 1.44. The molecule has 2 saturated heterocycles. The van der Waals surface area contributed by atoms with E-state index in [0.29, 0.717) is 19.6 Å². The maximum Gasteiger partial charge on any atom is 0.239 e. The highest BCUT2D eigenvalue weighted by Crippen LogP contribution is 2.44. The highest BCUT2D eigenvalue weighted by Gasteiger charge is 2.44. The number of carbonyl (C=O) groups is 1. The molecule has 1 amide bonds. The fourth-order valence-corrected chi connectivity index (χ4v) is 4.01. The molecule has 1 aromatic rings. The van der Waals surface area contributed by atoms with Gasteiger partial charge in [0.1, 0.15) is 0 Å². The molecule has 0 radical (unpaired) electrons. The molecule has 0 aromatic heterocycles. The second-order valence-corrected chi connectivity index (χ2v) is 6.62. The summed E-state index contributed by atoms with van der Waals surface area (Å²) >= 11 is 0. The molecule has 22 heavy (non-hydrogen) atoms. The van der Waals surface area contributed by atoms with E-state index in [4.69, 9.17) is 4.74 Å². The van der Waals surface area contributed by atoms with Gasteiger partial charge < -0.3 is 20.1 Å². The molecule has 3 heterocycles. The van der Waals surface area contributed by atoms with Crippen molar-refractivity contribution in [3.8, 4) is 0 Å². The van der Waals surface area contributed by atoms with Crippen LogP contribution < -0.4 is 5.32 Å². The van der Waals surface area contributed by atoms with Crippen molar-refractivity contribution in [3.63, 3.8) is 0 Å². The van der Waals surface area contributed by atoms with Crippen LogP contribution in [0.3, 0.4) is 0 Å². The zero-order valence-corrected chi connectivity index (χ0v) is 12.6. The lowest BCUT2D eigenvalue weighted by molar-refractivity contribution is -0.140. The summed E-state index contributed by atoms with van der Waals surface area (Å²) in [5.74, 6) is 0.123. The van der Waals surface area contributed by atoms with Crippen molar-refractivity contribution in [2.75, 3.05) is 19.6 Å². The van der Waals surface area contributed by atoms with Crippen LogP contribution in [0.15, 0.2) is 24.3 Å². The highest BCUT2D eigenvalue weighted by molar-refractivity contribution is 5.82. The van der Waals surface area contributed by atoms with Gasteiger partial charge in [-0.25, -0.2) is 0 Å². The van der Waals surface area contributed by atoms with Gasteiger partial charge in [-0.2, -0.15) is 0 Å². The number of fused-ring (bicyclic) bond motifs is 2. The predicted octanol–water partition coefficient (Wildman–Crippen LogP) is 0.757. The summed E-state index contributed by atoms with van der Waals surface area (Å²) in [6, 6.07) is 8.19. The van der Waals surface area contributed by atoms with Crippen molar-refractivity contribution in [1.82, 2.24) is 10.2 Å². The van der Waals surface area contributed by atoms with E-state index >= 15 is 0 Å². The Bertz CT molecular complexity index is 581. The van der Waals surface area contributed by atoms with Crippen LogP contribution in [0.5, 0.6) is 0 Å². The van der Waals surface area contributed by atoms with Crippen molar-refractivity contribution >= 4 is 5.91 Å². The number of β-amino-alcohol motifs (C(OH)–C–C–N with tert-alkyl or cyclic N) is 1. The molecule has 4 rings (SSSR count). The molecule has 0 bridgehead atoms. The van der Waals surface area contributed by atoms with E-state index in [1.165, 1.54) is 11.1 Å². The monoisotopic (exact) mass is 302 g/mol. The van der Waals surface area contributed by atoms with Crippen molar-refractivity contribution in [2.45, 2.75) is 43.6 Å². The number of hydrogen-bond acceptors (Lipinski definition) is 4. The average molecular weight is 302 g/mol. The number of rotatable bonds is 1. The summed E-state index contributed by atoms with van der Waals surface area (Å²) in [7, 11) is 0. The van der Waals surface area contributed by atoms with E-state index < -0.39 is 6.10 Å². The van der Waals surface area contributed by atoms with Crippen LogP contribution in [-0.4, -0.2) is 47.7 Å². The fraction of sp³-hybridized carbons (Fsp3) is 0.588. The number of benzene rings is 1. The van der Waals surface area contributed by atoms with Crippen molar-refractivity contribution < 1.29 is 14.6 Å². The van der Waals surface area contributed by atoms with Crippen LogP contribution in [0.2, 0.25) is 0 Å². The number of aliphatic hydroxyl groups is 1. The maximum atomic E-state index is 12.5. The Morgan fingerprint density at radius 2 is 2.09 bits per heavy atom. The summed E-state index contributed by atoms with van der Waals surface area (Å²) in [6.45, 7) is 2.65. The molecule has 5 heteroatoms. The normalized spacial score (nSPS) is 29.8. The Labute approximate surface area is 130 Å². The first-order valence-corrected chi connectivity index (χ1v) is 8.10. The summed E-state index contributed by atoms with van der Waals surface area (Å²) in [6.07, 6.45) is 1.84. The standard InChI is InChI=1S/C17H22N2O3/c20-13-9-15(18-10-13)16(21)19-7-5-17(6-8-19)14-4-2-1-3-12(14)11-22-17/h1-4,13,15,18,20H,5-11H2/t13-,15+/m0/s1. The van der Waals surface area contributed by atoms with E-state index in [2.05, 4.69) is 29.6 Å². The summed E-state index contributed by atoms with van der Waals surface area (Å²) in [5, 5.41) is 12.7. The molecular formula is C17H22N2O3. The van der Waals surface area contributed by atoms with Gasteiger partial charge in [-0.1, -0.05) is 24.3 Å². The summed E-state index contributed by atoms with van der Waals surface area (Å²) in [4.78, 5) is 14.4. The van der Waals surface area contributed by atoms with Gasteiger partial charge in [-0.05, 0) is 30.4 Å². The quantitative estimate of drug-likeness (QED) is 0.804. The first-order chi connectivity index (χ1) is 10.7. The number of carbonyl (C=O) groups excluding carboxylic acids is 1. The lowest BCUT2D eigenvalue weighted by Gasteiger charge is -2.40. The van der Waals surface area contributed by atoms with Crippen LogP contribution in [0.1, 0.15) is 30.4 Å². The number of piperidine rings is 1. The Kier molecular flexibility index (Phi) is 3.44. The topological polar surface area (TPSA) is 61.8 Å².